The molecule has 0 atom stereocenters. The molecule has 0 unspecified atom stereocenters. The summed E-state index contributed by atoms with van der Waals surface area (Å²) in [6, 6.07) is 6.28. The van der Waals surface area contributed by atoms with Crippen LogP contribution >= 0.6 is 27.3 Å². The lowest BCUT2D eigenvalue weighted by Gasteiger charge is -2.24. The summed E-state index contributed by atoms with van der Waals surface area (Å²) >= 11 is 5.17. The van der Waals surface area contributed by atoms with Crippen molar-refractivity contribution in [2.24, 2.45) is 0 Å². The van der Waals surface area contributed by atoms with E-state index in [0.717, 1.165) is 15.2 Å². The molecule has 1 N–H and O–H groups in total. The van der Waals surface area contributed by atoms with Crippen LogP contribution in [0.1, 0.15) is 31.3 Å². The van der Waals surface area contributed by atoms with E-state index in [9.17, 15) is 0 Å². The van der Waals surface area contributed by atoms with Crippen LogP contribution in [0.3, 0.4) is 0 Å². The Hall–Kier alpha value is -0.940. The SMILES string of the molecule is CC(C)(C)c1cccc(Br)c1NCc1nncs1. The van der Waals surface area contributed by atoms with E-state index in [0.29, 0.717) is 6.54 Å². The molecule has 0 aliphatic carbocycles. The zero-order valence-corrected chi connectivity index (χ0v) is 13.1. The van der Waals surface area contributed by atoms with Gasteiger partial charge >= 0.3 is 0 Å². The molecule has 0 fully saturated rings. The summed E-state index contributed by atoms with van der Waals surface area (Å²) in [7, 11) is 0. The zero-order valence-electron chi connectivity index (χ0n) is 10.7. The van der Waals surface area contributed by atoms with E-state index in [4.69, 9.17) is 0 Å². The van der Waals surface area contributed by atoms with E-state index < -0.39 is 0 Å². The fourth-order valence-corrected chi connectivity index (χ4v) is 2.74. The predicted molar refractivity (Wildman–Crippen MR) is 80.1 cm³/mol. The van der Waals surface area contributed by atoms with Crippen molar-refractivity contribution in [2.45, 2.75) is 32.7 Å². The van der Waals surface area contributed by atoms with Gasteiger partial charge in [0.25, 0.3) is 0 Å². The average molecular weight is 326 g/mol. The second-order valence-electron chi connectivity index (χ2n) is 5.10. The van der Waals surface area contributed by atoms with Crippen molar-refractivity contribution in [1.29, 1.82) is 0 Å². The van der Waals surface area contributed by atoms with Crippen molar-refractivity contribution in [1.82, 2.24) is 10.2 Å². The second-order valence-corrected chi connectivity index (χ2v) is 6.87. The smallest absolute Gasteiger partial charge is 0.136 e. The molecule has 3 nitrogen and oxygen atoms in total. The van der Waals surface area contributed by atoms with Gasteiger partial charge in [-0.15, -0.1) is 21.5 Å². The minimum atomic E-state index is 0.104. The number of hydrogen-bond acceptors (Lipinski definition) is 4. The molecule has 1 heterocycles. The lowest BCUT2D eigenvalue weighted by molar-refractivity contribution is 0.591. The first-order chi connectivity index (χ1) is 8.48. The monoisotopic (exact) mass is 325 g/mol. The summed E-state index contributed by atoms with van der Waals surface area (Å²) in [6.45, 7) is 7.34. The second kappa shape index (κ2) is 5.36. The molecule has 2 aromatic rings. The highest BCUT2D eigenvalue weighted by atomic mass is 79.9. The maximum absolute atomic E-state index is 4.04. The highest BCUT2D eigenvalue weighted by molar-refractivity contribution is 9.10. The Morgan fingerprint density at radius 1 is 1.33 bits per heavy atom. The number of nitrogens with zero attached hydrogens (tertiary/aromatic N) is 2. The Morgan fingerprint density at radius 3 is 2.72 bits per heavy atom. The molecule has 2 rings (SSSR count). The number of halogens is 1. The van der Waals surface area contributed by atoms with Gasteiger partial charge in [0, 0.05) is 4.47 Å². The largest absolute Gasteiger partial charge is 0.377 e. The standard InChI is InChI=1S/C13H16BrN3S/c1-13(2,3)9-5-4-6-10(14)12(9)15-7-11-17-16-8-18-11/h4-6,8,15H,7H2,1-3H3. The highest BCUT2D eigenvalue weighted by Crippen LogP contribution is 2.35. The zero-order chi connectivity index (χ0) is 13.2. The first-order valence-electron chi connectivity index (χ1n) is 5.76. The van der Waals surface area contributed by atoms with Crippen LogP contribution in [0.5, 0.6) is 0 Å². The molecular weight excluding hydrogens is 310 g/mol. The Labute approximate surface area is 120 Å². The fraction of sp³-hybridized carbons (Fsp3) is 0.385. The molecule has 0 aliphatic rings. The number of hydrogen-bond donors (Lipinski definition) is 1. The minimum absolute atomic E-state index is 0.104. The van der Waals surface area contributed by atoms with E-state index in [1.165, 1.54) is 5.56 Å². The fourth-order valence-electron chi connectivity index (χ4n) is 1.77. The molecule has 0 saturated heterocycles. The third-order valence-corrected chi connectivity index (χ3v) is 4.00. The minimum Gasteiger partial charge on any atom is -0.377 e. The summed E-state index contributed by atoms with van der Waals surface area (Å²) in [5.74, 6) is 0. The van der Waals surface area contributed by atoms with Gasteiger partial charge in [0.1, 0.15) is 10.5 Å². The van der Waals surface area contributed by atoms with Crippen LogP contribution in [0.15, 0.2) is 28.2 Å². The summed E-state index contributed by atoms with van der Waals surface area (Å²) < 4.78 is 1.08. The van der Waals surface area contributed by atoms with Crippen molar-refractivity contribution in [3.63, 3.8) is 0 Å². The lowest BCUT2D eigenvalue weighted by Crippen LogP contribution is -2.15. The predicted octanol–water partition coefficient (Wildman–Crippen LogP) is 4.21. The maximum atomic E-state index is 4.04. The Kier molecular flexibility index (Phi) is 4.02. The van der Waals surface area contributed by atoms with E-state index >= 15 is 0 Å². The van der Waals surface area contributed by atoms with Gasteiger partial charge in [0.2, 0.25) is 0 Å². The van der Waals surface area contributed by atoms with E-state index in [1.54, 1.807) is 16.8 Å². The molecular formula is C13H16BrN3S. The maximum Gasteiger partial charge on any atom is 0.136 e. The topological polar surface area (TPSA) is 37.8 Å². The summed E-state index contributed by atoms with van der Waals surface area (Å²) in [6.07, 6.45) is 0. The summed E-state index contributed by atoms with van der Waals surface area (Å²) in [5.41, 5.74) is 4.29. The number of anilines is 1. The third kappa shape index (κ3) is 3.09. The van der Waals surface area contributed by atoms with Crippen LogP contribution in [0.25, 0.3) is 0 Å². The number of nitrogens with one attached hydrogen (secondary N) is 1. The molecule has 1 aromatic carbocycles. The third-order valence-electron chi connectivity index (χ3n) is 2.64. The molecule has 96 valence electrons. The quantitative estimate of drug-likeness (QED) is 0.918. The van der Waals surface area contributed by atoms with Crippen molar-refractivity contribution in [2.75, 3.05) is 5.32 Å². The molecule has 0 saturated carbocycles. The lowest BCUT2D eigenvalue weighted by atomic mass is 9.86. The molecule has 0 bridgehead atoms. The Morgan fingerprint density at radius 2 is 2.11 bits per heavy atom. The van der Waals surface area contributed by atoms with Crippen molar-refractivity contribution < 1.29 is 0 Å². The van der Waals surface area contributed by atoms with Crippen molar-refractivity contribution in [3.05, 3.63) is 38.8 Å². The van der Waals surface area contributed by atoms with Crippen LogP contribution in [0, 0.1) is 0 Å². The highest BCUT2D eigenvalue weighted by Gasteiger charge is 2.19. The molecule has 1 aromatic heterocycles. The van der Waals surface area contributed by atoms with E-state index in [1.807, 2.05) is 0 Å². The van der Waals surface area contributed by atoms with Gasteiger partial charge in [-0.2, -0.15) is 0 Å². The Balaban J connectivity index is 2.26. The summed E-state index contributed by atoms with van der Waals surface area (Å²) in [4.78, 5) is 0. The molecule has 0 spiro atoms. The van der Waals surface area contributed by atoms with Crippen LogP contribution in [0.2, 0.25) is 0 Å². The van der Waals surface area contributed by atoms with Crippen LogP contribution in [-0.4, -0.2) is 10.2 Å². The number of para-hydroxylation sites is 1. The molecule has 0 amide bonds. The van der Waals surface area contributed by atoms with Gasteiger partial charge in [-0.3, -0.25) is 0 Å². The first-order valence-corrected chi connectivity index (χ1v) is 7.43. The number of benzene rings is 1. The average Bonchev–Trinajstić information content (AvgIpc) is 2.78. The number of aromatic nitrogens is 2. The van der Waals surface area contributed by atoms with Crippen LogP contribution < -0.4 is 5.32 Å². The van der Waals surface area contributed by atoms with Gasteiger partial charge in [-0.05, 0) is 33.0 Å². The normalized spacial score (nSPS) is 11.6. The van der Waals surface area contributed by atoms with E-state index in [-0.39, 0.29) is 5.41 Å². The van der Waals surface area contributed by atoms with Gasteiger partial charge in [0.15, 0.2) is 0 Å². The van der Waals surface area contributed by atoms with Crippen molar-refractivity contribution >= 4 is 33.0 Å². The van der Waals surface area contributed by atoms with E-state index in [2.05, 4.69) is 70.4 Å². The number of rotatable bonds is 3. The van der Waals surface area contributed by atoms with Gasteiger partial charge in [-0.25, -0.2) is 0 Å². The molecule has 0 radical (unpaired) electrons. The van der Waals surface area contributed by atoms with Crippen LogP contribution in [0.4, 0.5) is 5.69 Å². The van der Waals surface area contributed by atoms with Crippen molar-refractivity contribution in [3.8, 4) is 0 Å². The van der Waals surface area contributed by atoms with Gasteiger partial charge < -0.3 is 5.32 Å². The van der Waals surface area contributed by atoms with Gasteiger partial charge in [0.05, 0.1) is 12.2 Å². The van der Waals surface area contributed by atoms with Gasteiger partial charge in [-0.1, -0.05) is 32.9 Å². The molecule has 5 heteroatoms. The summed E-state index contributed by atoms with van der Waals surface area (Å²) in [5, 5.41) is 12.3. The van der Waals surface area contributed by atoms with Crippen LogP contribution in [-0.2, 0) is 12.0 Å². The Bertz CT molecular complexity index is 518. The molecule has 18 heavy (non-hydrogen) atoms. The first kappa shape index (κ1) is 13.5. The molecule has 0 aliphatic heterocycles.